The average Bonchev–Trinajstić information content (AvgIpc) is 2.96. The van der Waals surface area contributed by atoms with Crippen molar-refractivity contribution < 1.29 is 19.5 Å². The van der Waals surface area contributed by atoms with Crippen LogP contribution in [0.4, 0.5) is 5.69 Å². The summed E-state index contributed by atoms with van der Waals surface area (Å²) in [5.74, 6) is -2.26. The van der Waals surface area contributed by atoms with Crippen LogP contribution >= 0.6 is 24.0 Å². The summed E-state index contributed by atoms with van der Waals surface area (Å²) < 4.78 is 0.161. The number of carboxylic acid groups (broad SMARTS) is 1. The van der Waals surface area contributed by atoms with E-state index in [4.69, 9.17) is 12.2 Å². The molecule has 2 heterocycles. The van der Waals surface area contributed by atoms with Crippen molar-refractivity contribution in [1.29, 1.82) is 0 Å². The maximum Gasteiger partial charge on any atom is 0.327 e. The van der Waals surface area contributed by atoms with Crippen LogP contribution in [0.5, 0.6) is 0 Å². The van der Waals surface area contributed by atoms with Crippen molar-refractivity contribution in [2.75, 3.05) is 11.9 Å². The molecule has 2 amide bonds. The molecule has 1 N–H and O–H groups in total. The van der Waals surface area contributed by atoms with Crippen molar-refractivity contribution in [2.45, 2.75) is 19.9 Å². The van der Waals surface area contributed by atoms with Crippen molar-refractivity contribution in [1.82, 2.24) is 4.90 Å². The molecule has 0 spiro atoms. The normalized spacial score (nSPS) is 21.4. The van der Waals surface area contributed by atoms with Crippen LogP contribution in [0.25, 0.3) is 5.57 Å². The molecule has 1 saturated heterocycles. The Kier molecular flexibility index (Phi) is 4.42. The van der Waals surface area contributed by atoms with E-state index in [0.717, 1.165) is 16.7 Å². The molecule has 1 aromatic carbocycles. The van der Waals surface area contributed by atoms with E-state index in [1.165, 1.54) is 4.90 Å². The molecule has 0 radical (unpaired) electrons. The van der Waals surface area contributed by atoms with Gasteiger partial charge in [-0.2, -0.15) is 0 Å². The number of aliphatic carboxylic acids is 1. The van der Waals surface area contributed by atoms with Gasteiger partial charge in [0.05, 0.1) is 16.2 Å². The van der Waals surface area contributed by atoms with Gasteiger partial charge in [0.1, 0.15) is 10.4 Å². The highest BCUT2D eigenvalue weighted by atomic mass is 32.2. The molecule has 1 unspecified atom stereocenters. The van der Waals surface area contributed by atoms with Crippen LogP contribution < -0.4 is 4.90 Å². The number of fused-ring (bicyclic) bond motifs is 1. The van der Waals surface area contributed by atoms with Gasteiger partial charge in [-0.25, -0.2) is 4.79 Å². The molecule has 1 fully saturated rings. The van der Waals surface area contributed by atoms with Gasteiger partial charge in [-0.3, -0.25) is 14.5 Å². The second-order valence-electron chi connectivity index (χ2n) is 6.16. The number of hydrogen-bond acceptors (Lipinski definition) is 5. The Morgan fingerprint density at radius 2 is 1.84 bits per heavy atom. The Labute approximate surface area is 154 Å². The molecular weight excluding hydrogens is 360 g/mol. The quantitative estimate of drug-likeness (QED) is 0.644. The number of carboxylic acids is 1. The number of carbonyl (C=O) groups is 3. The maximum atomic E-state index is 12.9. The van der Waals surface area contributed by atoms with Gasteiger partial charge in [0.2, 0.25) is 0 Å². The Morgan fingerprint density at radius 3 is 2.44 bits per heavy atom. The molecule has 1 atom stereocenters. The van der Waals surface area contributed by atoms with E-state index in [2.05, 4.69) is 0 Å². The largest absolute Gasteiger partial charge is 0.480 e. The fourth-order valence-electron chi connectivity index (χ4n) is 3.05. The number of para-hydroxylation sites is 1. The van der Waals surface area contributed by atoms with Crippen LogP contribution in [0.15, 0.2) is 29.2 Å². The summed E-state index contributed by atoms with van der Waals surface area (Å²) in [6, 6.07) is 6.12. The summed E-state index contributed by atoms with van der Waals surface area (Å²) in [7, 11) is 1.64. The molecule has 0 aliphatic carbocycles. The monoisotopic (exact) mass is 376 g/mol. The predicted molar refractivity (Wildman–Crippen MR) is 100 cm³/mol. The number of carbonyl (C=O) groups excluding carboxylic acids is 2. The van der Waals surface area contributed by atoms with Crippen LogP contribution in [0.2, 0.25) is 0 Å². The first-order chi connectivity index (χ1) is 11.8. The number of nitrogens with zero attached hydrogens (tertiary/aromatic N) is 2. The van der Waals surface area contributed by atoms with E-state index in [1.807, 2.05) is 6.07 Å². The molecular formula is C17H16N2O4S2. The fourth-order valence-corrected chi connectivity index (χ4v) is 4.45. The minimum absolute atomic E-state index is 0.161. The topological polar surface area (TPSA) is 77.9 Å². The van der Waals surface area contributed by atoms with Gasteiger partial charge in [0.25, 0.3) is 11.8 Å². The smallest absolute Gasteiger partial charge is 0.327 e. The molecule has 1 aromatic rings. The third kappa shape index (κ3) is 2.65. The van der Waals surface area contributed by atoms with E-state index in [1.54, 1.807) is 39.1 Å². The average molecular weight is 376 g/mol. The molecule has 0 bridgehead atoms. The lowest BCUT2D eigenvalue weighted by Crippen LogP contribution is -2.47. The maximum absolute atomic E-state index is 12.9. The Balaban J connectivity index is 2.13. The van der Waals surface area contributed by atoms with Gasteiger partial charge in [-0.05, 0) is 12.0 Å². The summed E-state index contributed by atoms with van der Waals surface area (Å²) in [5, 5.41) is 9.49. The lowest BCUT2D eigenvalue weighted by molar-refractivity contribution is -0.146. The van der Waals surface area contributed by atoms with Crippen molar-refractivity contribution in [3.8, 4) is 0 Å². The third-order valence-corrected chi connectivity index (χ3v) is 5.64. The van der Waals surface area contributed by atoms with E-state index in [0.29, 0.717) is 11.3 Å². The standard InChI is InChI=1S/C17H16N2O4S2/c1-8(2)12(16(22)23)19-15(21)13(25-17(19)24)11-9-6-4-5-7-10(9)18(3)14(11)20/h4-8,12H,1-3H3,(H,22,23)/b13-11-. The molecule has 130 valence electrons. The highest BCUT2D eigenvalue weighted by Crippen LogP contribution is 2.44. The summed E-state index contributed by atoms with van der Waals surface area (Å²) >= 11 is 6.25. The lowest BCUT2D eigenvalue weighted by Gasteiger charge is -2.26. The third-order valence-electron chi connectivity index (χ3n) is 4.24. The number of anilines is 1. The van der Waals surface area contributed by atoms with Gasteiger partial charge in [-0.1, -0.05) is 56.0 Å². The zero-order valence-electron chi connectivity index (χ0n) is 13.8. The Bertz CT molecular complexity index is 847. The van der Waals surface area contributed by atoms with Crippen molar-refractivity contribution in [3.05, 3.63) is 34.7 Å². The van der Waals surface area contributed by atoms with E-state index >= 15 is 0 Å². The van der Waals surface area contributed by atoms with Crippen LogP contribution in [-0.2, 0) is 14.4 Å². The molecule has 25 heavy (non-hydrogen) atoms. The second kappa shape index (κ2) is 6.27. The number of amides is 2. The molecule has 2 aliphatic rings. The highest BCUT2D eigenvalue weighted by molar-refractivity contribution is 8.26. The van der Waals surface area contributed by atoms with Crippen molar-refractivity contribution in [2.24, 2.45) is 5.92 Å². The summed E-state index contributed by atoms with van der Waals surface area (Å²) in [5.41, 5.74) is 1.66. The molecule has 2 aliphatic heterocycles. The van der Waals surface area contributed by atoms with Crippen molar-refractivity contribution >= 4 is 57.3 Å². The van der Waals surface area contributed by atoms with E-state index in [-0.39, 0.29) is 26.6 Å². The molecule has 3 rings (SSSR count). The summed E-state index contributed by atoms with van der Waals surface area (Å²) in [6.07, 6.45) is 0. The molecule has 0 aromatic heterocycles. The Morgan fingerprint density at radius 1 is 1.20 bits per heavy atom. The summed E-state index contributed by atoms with van der Waals surface area (Å²) in [6.45, 7) is 3.43. The van der Waals surface area contributed by atoms with Crippen molar-refractivity contribution in [3.63, 3.8) is 0 Å². The van der Waals surface area contributed by atoms with Crippen LogP contribution in [0.1, 0.15) is 19.4 Å². The van der Waals surface area contributed by atoms with Crippen LogP contribution in [-0.4, -0.2) is 45.2 Å². The number of thiocarbonyl (C=S) groups is 1. The SMILES string of the molecule is CC(C)C(C(=O)O)N1C(=O)/C(=C2/C(=O)N(C)c3ccccc32)SC1=S. The minimum atomic E-state index is -1.12. The van der Waals surface area contributed by atoms with Gasteiger partial charge in [-0.15, -0.1) is 0 Å². The van der Waals surface area contributed by atoms with Crippen LogP contribution in [0.3, 0.4) is 0 Å². The fraction of sp³-hybridized carbons (Fsp3) is 0.294. The number of likely N-dealkylation sites (N-methyl/N-ethyl adjacent to an activating group) is 1. The minimum Gasteiger partial charge on any atom is -0.480 e. The molecule has 0 saturated carbocycles. The molecule has 6 nitrogen and oxygen atoms in total. The highest BCUT2D eigenvalue weighted by Gasteiger charge is 2.45. The van der Waals surface area contributed by atoms with E-state index in [9.17, 15) is 19.5 Å². The van der Waals surface area contributed by atoms with Crippen LogP contribution in [0, 0.1) is 5.92 Å². The van der Waals surface area contributed by atoms with Gasteiger partial charge >= 0.3 is 5.97 Å². The first-order valence-electron chi connectivity index (χ1n) is 7.65. The van der Waals surface area contributed by atoms with Gasteiger partial charge in [0.15, 0.2) is 0 Å². The number of hydrogen-bond donors (Lipinski definition) is 1. The predicted octanol–water partition coefficient (Wildman–Crippen LogP) is 2.34. The lowest BCUT2D eigenvalue weighted by atomic mass is 10.0. The van der Waals surface area contributed by atoms with Gasteiger partial charge in [0, 0.05) is 12.6 Å². The Hall–Kier alpha value is -2.19. The summed E-state index contributed by atoms with van der Waals surface area (Å²) in [4.78, 5) is 40.0. The first-order valence-corrected chi connectivity index (χ1v) is 8.88. The van der Waals surface area contributed by atoms with Gasteiger partial charge < -0.3 is 10.0 Å². The first kappa shape index (κ1) is 17.6. The zero-order chi connectivity index (χ0) is 18.5. The zero-order valence-corrected chi connectivity index (χ0v) is 15.5. The number of benzene rings is 1. The second-order valence-corrected chi connectivity index (χ2v) is 7.80. The van der Waals surface area contributed by atoms with E-state index < -0.39 is 17.9 Å². The molecule has 8 heteroatoms. The number of thioether (sulfide) groups is 1. The number of rotatable bonds is 3.